The van der Waals surface area contributed by atoms with Crippen LogP contribution in [0.5, 0.6) is 0 Å². The number of anilines is 1. The Morgan fingerprint density at radius 1 is 1.07 bits per heavy atom. The summed E-state index contributed by atoms with van der Waals surface area (Å²) in [5, 5.41) is 9.18. The number of carbonyl (C=O) groups is 1. The van der Waals surface area contributed by atoms with E-state index in [1.54, 1.807) is 12.1 Å². The third kappa shape index (κ3) is 5.11. The summed E-state index contributed by atoms with van der Waals surface area (Å²) < 4.78 is 38.7. The summed E-state index contributed by atoms with van der Waals surface area (Å²) in [5.41, 5.74) is 2.33. The lowest BCUT2D eigenvalue weighted by molar-refractivity contribution is -0.138. The second kappa shape index (κ2) is 8.47. The van der Waals surface area contributed by atoms with Gasteiger partial charge in [-0.25, -0.2) is 0 Å². The molecule has 3 rings (SSSR count). The van der Waals surface area contributed by atoms with E-state index in [1.165, 1.54) is 5.56 Å². The Hall–Kier alpha value is -2.50. The van der Waals surface area contributed by atoms with E-state index in [0.717, 1.165) is 29.8 Å². The van der Waals surface area contributed by atoms with E-state index in [2.05, 4.69) is 30.9 Å². The SMILES string of the molecule is CC(C)c1ccc(N2C[C@@H](CC(=O)O)CC[C@@H]2c2ccc(C(F)(F)F)cc2)cc1. The van der Waals surface area contributed by atoms with Crippen molar-refractivity contribution >= 4 is 11.7 Å². The molecule has 3 nitrogen and oxygen atoms in total. The average Bonchev–Trinajstić information content (AvgIpc) is 2.67. The second-order valence-electron chi connectivity index (χ2n) is 8.08. The highest BCUT2D eigenvalue weighted by molar-refractivity contribution is 5.67. The molecule has 1 aliphatic heterocycles. The van der Waals surface area contributed by atoms with Crippen LogP contribution >= 0.6 is 0 Å². The smallest absolute Gasteiger partial charge is 0.416 e. The van der Waals surface area contributed by atoms with Crippen LogP contribution < -0.4 is 4.90 Å². The van der Waals surface area contributed by atoms with Crippen LogP contribution in [-0.2, 0) is 11.0 Å². The number of hydrogen-bond acceptors (Lipinski definition) is 2. The van der Waals surface area contributed by atoms with Gasteiger partial charge in [0.15, 0.2) is 0 Å². The van der Waals surface area contributed by atoms with Crippen molar-refractivity contribution in [3.63, 3.8) is 0 Å². The van der Waals surface area contributed by atoms with E-state index in [9.17, 15) is 23.1 Å². The van der Waals surface area contributed by atoms with Crippen molar-refractivity contribution in [3.05, 3.63) is 65.2 Å². The van der Waals surface area contributed by atoms with Gasteiger partial charge in [0, 0.05) is 18.7 Å². The van der Waals surface area contributed by atoms with Crippen LogP contribution in [0.2, 0.25) is 0 Å². The van der Waals surface area contributed by atoms with Crippen molar-refractivity contribution in [1.82, 2.24) is 0 Å². The van der Waals surface area contributed by atoms with E-state index in [1.807, 2.05) is 12.1 Å². The lowest BCUT2D eigenvalue weighted by Crippen LogP contribution is -2.39. The first-order valence-corrected chi connectivity index (χ1v) is 9.90. The van der Waals surface area contributed by atoms with Crippen LogP contribution in [0.4, 0.5) is 18.9 Å². The number of carboxylic acids is 1. The molecule has 1 saturated heterocycles. The summed E-state index contributed by atoms with van der Waals surface area (Å²) >= 11 is 0. The third-order valence-electron chi connectivity index (χ3n) is 5.66. The number of alkyl halides is 3. The molecular weight excluding hydrogens is 379 g/mol. The molecule has 0 saturated carbocycles. The second-order valence-corrected chi connectivity index (χ2v) is 8.08. The molecule has 2 aromatic rings. The maximum atomic E-state index is 12.9. The van der Waals surface area contributed by atoms with E-state index >= 15 is 0 Å². The predicted octanol–water partition coefficient (Wildman–Crippen LogP) is 6.26. The van der Waals surface area contributed by atoms with Gasteiger partial charge in [0.05, 0.1) is 11.6 Å². The summed E-state index contributed by atoms with van der Waals surface area (Å²) in [4.78, 5) is 13.3. The first-order valence-electron chi connectivity index (χ1n) is 9.90. The van der Waals surface area contributed by atoms with Gasteiger partial charge in [0.2, 0.25) is 0 Å². The van der Waals surface area contributed by atoms with Gasteiger partial charge in [-0.05, 0) is 60.1 Å². The van der Waals surface area contributed by atoms with Crippen molar-refractivity contribution in [1.29, 1.82) is 0 Å². The molecule has 156 valence electrons. The minimum absolute atomic E-state index is 0.0166. The summed E-state index contributed by atoms with van der Waals surface area (Å²) in [6.07, 6.45) is -2.82. The molecule has 1 aliphatic rings. The fraction of sp³-hybridized carbons (Fsp3) is 0.435. The molecule has 0 bridgehead atoms. The number of aliphatic carboxylic acids is 1. The molecule has 29 heavy (non-hydrogen) atoms. The van der Waals surface area contributed by atoms with Gasteiger partial charge in [-0.15, -0.1) is 0 Å². The lowest BCUT2D eigenvalue weighted by Gasteiger charge is -2.41. The van der Waals surface area contributed by atoms with Crippen LogP contribution in [-0.4, -0.2) is 17.6 Å². The van der Waals surface area contributed by atoms with Gasteiger partial charge in [-0.3, -0.25) is 4.79 Å². The maximum absolute atomic E-state index is 12.9. The van der Waals surface area contributed by atoms with Crippen LogP contribution in [0.1, 0.15) is 61.8 Å². The molecular formula is C23H26F3NO2. The number of rotatable bonds is 5. The van der Waals surface area contributed by atoms with E-state index in [4.69, 9.17) is 0 Å². The summed E-state index contributed by atoms with van der Waals surface area (Å²) in [7, 11) is 0. The molecule has 2 atom stereocenters. The molecule has 0 amide bonds. The van der Waals surface area contributed by atoms with Crippen LogP contribution in [0.25, 0.3) is 0 Å². The third-order valence-corrected chi connectivity index (χ3v) is 5.66. The zero-order valence-corrected chi connectivity index (χ0v) is 16.6. The topological polar surface area (TPSA) is 40.5 Å². The minimum Gasteiger partial charge on any atom is -0.481 e. The fourth-order valence-electron chi connectivity index (χ4n) is 4.04. The molecule has 0 aliphatic carbocycles. The van der Waals surface area contributed by atoms with Gasteiger partial charge < -0.3 is 10.0 Å². The van der Waals surface area contributed by atoms with Crippen molar-refractivity contribution in [2.24, 2.45) is 5.92 Å². The lowest BCUT2D eigenvalue weighted by atomic mass is 9.86. The Balaban J connectivity index is 1.90. The first kappa shape index (κ1) is 21.2. The van der Waals surface area contributed by atoms with Crippen molar-refractivity contribution in [3.8, 4) is 0 Å². The minimum atomic E-state index is -4.36. The Bertz CT molecular complexity index is 829. The van der Waals surface area contributed by atoms with Gasteiger partial charge in [0.1, 0.15) is 0 Å². The van der Waals surface area contributed by atoms with Gasteiger partial charge in [0.25, 0.3) is 0 Å². The zero-order chi connectivity index (χ0) is 21.2. The number of piperidine rings is 1. The van der Waals surface area contributed by atoms with Crippen LogP contribution in [0.3, 0.4) is 0 Å². The number of halogens is 3. The molecule has 1 heterocycles. The van der Waals surface area contributed by atoms with Crippen molar-refractivity contribution in [2.45, 2.75) is 51.2 Å². The highest BCUT2D eigenvalue weighted by Crippen LogP contribution is 2.39. The Morgan fingerprint density at radius 2 is 1.69 bits per heavy atom. The Kier molecular flexibility index (Phi) is 6.20. The molecule has 0 aromatic heterocycles. The molecule has 0 spiro atoms. The summed E-state index contributed by atoms with van der Waals surface area (Å²) in [6, 6.07) is 13.4. The summed E-state index contributed by atoms with van der Waals surface area (Å²) in [6.45, 7) is 4.80. The monoisotopic (exact) mass is 405 g/mol. The average molecular weight is 405 g/mol. The van der Waals surface area contributed by atoms with Gasteiger partial charge in [-0.2, -0.15) is 13.2 Å². The molecule has 0 radical (unpaired) electrons. The normalized spacial score (nSPS) is 20.1. The first-order chi connectivity index (χ1) is 13.6. The predicted molar refractivity (Wildman–Crippen MR) is 107 cm³/mol. The summed E-state index contributed by atoms with van der Waals surface area (Å²) in [5.74, 6) is -0.406. The molecule has 6 heteroatoms. The molecule has 2 aromatic carbocycles. The van der Waals surface area contributed by atoms with Crippen molar-refractivity contribution < 1.29 is 23.1 Å². The molecule has 0 unspecified atom stereocenters. The fourth-order valence-corrected chi connectivity index (χ4v) is 4.04. The molecule has 1 N–H and O–H groups in total. The Labute approximate surface area is 169 Å². The molecule has 1 fully saturated rings. The quantitative estimate of drug-likeness (QED) is 0.638. The van der Waals surface area contributed by atoms with Crippen LogP contribution in [0, 0.1) is 5.92 Å². The van der Waals surface area contributed by atoms with Gasteiger partial charge in [-0.1, -0.05) is 38.1 Å². The maximum Gasteiger partial charge on any atom is 0.416 e. The largest absolute Gasteiger partial charge is 0.481 e. The number of benzene rings is 2. The van der Waals surface area contributed by atoms with E-state index in [0.29, 0.717) is 18.9 Å². The van der Waals surface area contributed by atoms with E-state index in [-0.39, 0.29) is 18.4 Å². The number of nitrogens with zero attached hydrogens (tertiary/aromatic N) is 1. The number of carboxylic acid groups (broad SMARTS) is 1. The van der Waals surface area contributed by atoms with Crippen molar-refractivity contribution in [2.75, 3.05) is 11.4 Å². The Morgan fingerprint density at radius 3 is 2.21 bits per heavy atom. The standard InChI is InChI=1S/C23H26F3NO2/c1-15(2)17-6-10-20(11-7-17)27-14-16(13-22(28)29)3-12-21(27)18-4-8-19(9-5-18)23(24,25)26/h4-11,15-16,21H,3,12-14H2,1-2H3,(H,28,29)/t16-,21-/m1/s1. The zero-order valence-electron chi connectivity index (χ0n) is 16.6. The number of hydrogen-bond donors (Lipinski definition) is 1. The van der Waals surface area contributed by atoms with Crippen LogP contribution in [0.15, 0.2) is 48.5 Å². The highest BCUT2D eigenvalue weighted by atomic mass is 19.4. The van der Waals surface area contributed by atoms with E-state index < -0.39 is 17.7 Å². The highest BCUT2D eigenvalue weighted by Gasteiger charge is 2.33. The van der Waals surface area contributed by atoms with Gasteiger partial charge >= 0.3 is 12.1 Å².